The number of benzene rings is 1. The number of nitrogens with zero attached hydrogens (tertiary/aromatic N) is 3. The first-order valence-electron chi connectivity index (χ1n) is 11.4. The molecule has 0 aliphatic rings. The van der Waals surface area contributed by atoms with Crippen LogP contribution in [0, 0.1) is 5.92 Å². The Morgan fingerprint density at radius 1 is 1.00 bits per heavy atom. The highest BCUT2D eigenvalue weighted by Crippen LogP contribution is 2.19. The van der Waals surface area contributed by atoms with E-state index in [1.54, 1.807) is 0 Å². The van der Waals surface area contributed by atoms with Crippen LogP contribution in [0.5, 0.6) is 0 Å². The van der Waals surface area contributed by atoms with Crippen molar-refractivity contribution in [3.63, 3.8) is 0 Å². The normalized spacial score (nSPS) is 13.4. The Balaban J connectivity index is 2.31. The molecule has 2 aromatic rings. The highest BCUT2D eigenvalue weighted by molar-refractivity contribution is 5.82. The minimum atomic E-state index is 0.00996. The molecular weight excluding hydrogens is 376 g/mol. The Bertz CT molecular complexity index is 831. The molecule has 1 aromatic heterocycles. The van der Waals surface area contributed by atoms with Gasteiger partial charge in [-0.1, -0.05) is 39.8 Å². The fraction of sp³-hybridized carbons (Fsp3) is 0.625. The van der Waals surface area contributed by atoms with Crippen LogP contribution >= 0.6 is 0 Å². The van der Waals surface area contributed by atoms with Gasteiger partial charge < -0.3 is 14.8 Å². The third-order valence-electron chi connectivity index (χ3n) is 6.22. The zero-order chi connectivity index (χ0) is 22.3. The van der Waals surface area contributed by atoms with Crippen molar-refractivity contribution >= 4 is 22.8 Å². The molecule has 6 nitrogen and oxygen atoms in total. The van der Waals surface area contributed by atoms with Crippen molar-refractivity contribution in [2.45, 2.75) is 92.4 Å². The Morgan fingerprint density at radius 3 is 2.17 bits per heavy atom. The smallest absolute Gasteiger partial charge is 0.243 e. The molecule has 1 heterocycles. The highest BCUT2D eigenvalue weighted by atomic mass is 16.2. The second-order valence-electron chi connectivity index (χ2n) is 8.15. The number of rotatable bonds is 11. The van der Waals surface area contributed by atoms with Crippen molar-refractivity contribution in [2.24, 2.45) is 5.92 Å². The van der Waals surface area contributed by atoms with Crippen LogP contribution in [0.15, 0.2) is 24.3 Å². The van der Waals surface area contributed by atoms with Crippen LogP contribution in [-0.4, -0.2) is 38.3 Å². The van der Waals surface area contributed by atoms with E-state index in [2.05, 4.69) is 33.0 Å². The second kappa shape index (κ2) is 11.1. The number of amides is 2. The quantitative estimate of drug-likeness (QED) is 0.588. The predicted octanol–water partition coefficient (Wildman–Crippen LogP) is 4.51. The van der Waals surface area contributed by atoms with Gasteiger partial charge in [-0.3, -0.25) is 9.59 Å². The zero-order valence-electron chi connectivity index (χ0n) is 19.4. The molecule has 2 unspecified atom stereocenters. The summed E-state index contributed by atoms with van der Waals surface area (Å²) >= 11 is 0. The zero-order valence-corrected chi connectivity index (χ0v) is 19.4. The van der Waals surface area contributed by atoms with E-state index in [4.69, 9.17) is 4.98 Å². The summed E-state index contributed by atoms with van der Waals surface area (Å²) in [5.41, 5.74) is 1.77. The van der Waals surface area contributed by atoms with E-state index in [-0.39, 0.29) is 36.4 Å². The molecule has 0 bridgehead atoms. The summed E-state index contributed by atoms with van der Waals surface area (Å²) in [5.74, 6) is 0.869. The number of nitrogens with one attached hydrogen (secondary N) is 1. The molecule has 0 spiro atoms. The lowest BCUT2D eigenvalue weighted by Crippen LogP contribution is -2.46. The lowest BCUT2D eigenvalue weighted by Gasteiger charge is -2.34. The number of hydrogen-bond donors (Lipinski definition) is 1. The highest BCUT2D eigenvalue weighted by Gasteiger charge is 2.25. The number of carbonyl (C=O) groups excluding carboxylic acids is 2. The maximum absolute atomic E-state index is 13.3. The first-order valence-corrected chi connectivity index (χ1v) is 11.4. The fourth-order valence-electron chi connectivity index (χ4n) is 3.94. The topological polar surface area (TPSA) is 67.2 Å². The molecule has 2 amide bonds. The number of hydrogen-bond acceptors (Lipinski definition) is 3. The van der Waals surface area contributed by atoms with Crippen LogP contribution in [0.1, 0.15) is 73.1 Å². The van der Waals surface area contributed by atoms with Gasteiger partial charge in [-0.05, 0) is 51.7 Å². The van der Waals surface area contributed by atoms with E-state index in [1.165, 1.54) is 0 Å². The van der Waals surface area contributed by atoms with Gasteiger partial charge in [-0.25, -0.2) is 4.98 Å². The van der Waals surface area contributed by atoms with Gasteiger partial charge >= 0.3 is 0 Å². The van der Waals surface area contributed by atoms with Crippen LogP contribution in [-0.2, 0) is 22.7 Å². The minimum Gasteiger partial charge on any atom is -0.349 e. The number of imidazole rings is 1. The van der Waals surface area contributed by atoms with Crippen molar-refractivity contribution in [3.05, 3.63) is 30.1 Å². The first kappa shape index (κ1) is 23.9. The average molecular weight is 415 g/mol. The molecule has 1 N–H and O–H groups in total. The largest absolute Gasteiger partial charge is 0.349 e. The molecule has 0 saturated carbocycles. The van der Waals surface area contributed by atoms with E-state index in [0.717, 1.165) is 42.5 Å². The number of para-hydroxylation sites is 2. The monoisotopic (exact) mass is 414 g/mol. The molecule has 166 valence electrons. The fourth-order valence-corrected chi connectivity index (χ4v) is 3.94. The van der Waals surface area contributed by atoms with Crippen molar-refractivity contribution in [1.29, 1.82) is 0 Å². The summed E-state index contributed by atoms with van der Waals surface area (Å²) in [5, 5.41) is 3.03. The van der Waals surface area contributed by atoms with Gasteiger partial charge in [0.15, 0.2) is 0 Å². The molecule has 0 saturated heterocycles. The first-order chi connectivity index (χ1) is 14.4. The number of fused-ring (bicyclic) bond motifs is 1. The van der Waals surface area contributed by atoms with Gasteiger partial charge in [0.1, 0.15) is 12.4 Å². The SMILES string of the molecule is CCC(CC)C(=O)NCc1nc2ccccc2n1CC(=O)N(C(C)CC)C(C)CC. The molecule has 30 heavy (non-hydrogen) atoms. The van der Waals surface area contributed by atoms with Gasteiger partial charge in [0.2, 0.25) is 11.8 Å². The van der Waals surface area contributed by atoms with Crippen molar-refractivity contribution in [3.8, 4) is 0 Å². The van der Waals surface area contributed by atoms with Crippen molar-refractivity contribution in [1.82, 2.24) is 19.8 Å². The summed E-state index contributed by atoms with van der Waals surface area (Å²) in [4.78, 5) is 32.5. The minimum absolute atomic E-state index is 0.00996. The Kier molecular flexibility index (Phi) is 8.88. The third kappa shape index (κ3) is 5.41. The molecule has 0 aliphatic carbocycles. The molecule has 0 radical (unpaired) electrons. The lowest BCUT2D eigenvalue weighted by atomic mass is 10.0. The third-order valence-corrected chi connectivity index (χ3v) is 6.22. The van der Waals surface area contributed by atoms with Gasteiger partial charge in [0, 0.05) is 18.0 Å². The molecular formula is C24H38N4O2. The molecule has 6 heteroatoms. The standard InChI is InChI=1S/C24H38N4O2/c1-7-17(5)28(18(6)8-2)23(29)16-27-21-14-12-11-13-20(21)26-22(27)15-25-24(30)19(9-3)10-4/h11-14,17-19H,7-10,15-16H2,1-6H3,(H,25,30). The number of aromatic nitrogens is 2. The molecule has 0 aliphatic heterocycles. The van der Waals surface area contributed by atoms with E-state index in [0.29, 0.717) is 6.54 Å². The number of carbonyl (C=O) groups is 2. The second-order valence-corrected chi connectivity index (χ2v) is 8.15. The van der Waals surface area contributed by atoms with Gasteiger partial charge in [-0.15, -0.1) is 0 Å². The van der Waals surface area contributed by atoms with Gasteiger partial charge in [-0.2, -0.15) is 0 Å². The molecule has 1 aromatic carbocycles. The van der Waals surface area contributed by atoms with Crippen LogP contribution in [0.25, 0.3) is 11.0 Å². The maximum Gasteiger partial charge on any atom is 0.243 e. The lowest BCUT2D eigenvalue weighted by molar-refractivity contribution is -0.136. The Morgan fingerprint density at radius 2 is 1.60 bits per heavy atom. The van der Waals surface area contributed by atoms with E-state index < -0.39 is 0 Å². The van der Waals surface area contributed by atoms with E-state index in [1.807, 2.05) is 47.6 Å². The summed E-state index contributed by atoms with van der Waals surface area (Å²) in [6.07, 6.45) is 3.46. The van der Waals surface area contributed by atoms with Gasteiger partial charge in [0.05, 0.1) is 17.6 Å². The van der Waals surface area contributed by atoms with Crippen LogP contribution in [0.3, 0.4) is 0 Å². The molecule has 2 atom stereocenters. The summed E-state index contributed by atoms with van der Waals surface area (Å²) in [6, 6.07) is 8.19. The van der Waals surface area contributed by atoms with Crippen molar-refractivity contribution < 1.29 is 9.59 Å². The average Bonchev–Trinajstić information content (AvgIpc) is 3.10. The summed E-state index contributed by atoms with van der Waals surface area (Å²) < 4.78 is 1.96. The molecule has 2 rings (SSSR count). The van der Waals surface area contributed by atoms with Crippen LogP contribution in [0.4, 0.5) is 0 Å². The Hall–Kier alpha value is -2.37. The van der Waals surface area contributed by atoms with Crippen LogP contribution in [0.2, 0.25) is 0 Å². The summed E-state index contributed by atoms with van der Waals surface area (Å²) in [7, 11) is 0. The molecule has 0 fully saturated rings. The van der Waals surface area contributed by atoms with Gasteiger partial charge in [0.25, 0.3) is 0 Å². The van der Waals surface area contributed by atoms with E-state index >= 15 is 0 Å². The van der Waals surface area contributed by atoms with E-state index in [9.17, 15) is 9.59 Å². The van der Waals surface area contributed by atoms with Crippen LogP contribution < -0.4 is 5.32 Å². The maximum atomic E-state index is 13.3. The summed E-state index contributed by atoms with van der Waals surface area (Å²) in [6.45, 7) is 13.0. The Labute approximate surface area is 181 Å². The predicted molar refractivity (Wildman–Crippen MR) is 122 cm³/mol. The van der Waals surface area contributed by atoms with Crippen molar-refractivity contribution in [2.75, 3.05) is 0 Å².